The summed E-state index contributed by atoms with van der Waals surface area (Å²) in [5.74, 6) is -0.317. The molecule has 4 rings (SSSR count). The summed E-state index contributed by atoms with van der Waals surface area (Å²) in [5, 5.41) is 0.797. The molecule has 2 aromatic carbocycles. The first-order chi connectivity index (χ1) is 13.0. The number of ether oxygens (including phenoxy) is 2. The number of Topliss-reactive ketones (excluding diaryl/α,β-unsaturated/α-hetero) is 1. The minimum atomic E-state index is -0.650. The van der Waals surface area contributed by atoms with Crippen molar-refractivity contribution in [1.82, 2.24) is 0 Å². The second-order valence-electron chi connectivity index (χ2n) is 5.60. The van der Waals surface area contributed by atoms with Crippen LogP contribution >= 0.6 is 23.2 Å². The Kier molecular flexibility index (Phi) is 4.48. The lowest BCUT2D eigenvalue weighted by molar-refractivity contribution is 0.0701. The average Bonchev–Trinajstić information content (AvgIpc) is 3.27. The van der Waals surface area contributed by atoms with Crippen molar-refractivity contribution < 1.29 is 23.5 Å². The molecule has 3 aromatic rings. The summed E-state index contributed by atoms with van der Waals surface area (Å²) in [5.41, 5.74) is 0.837. The van der Waals surface area contributed by atoms with Crippen molar-refractivity contribution in [3.8, 4) is 11.5 Å². The van der Waals surface area contributed by atoms with Gasteiger partial charge in [-0.15, -0.1) is 0 Å². The number of carbonyl (C=O) groups excluding carboxylic acids is 2. The molecular weight excluding hydrogens is 391 g/mol. The van der Waals surface area contributed by atoms with E-state index in [9.17, 15) is 9.59 Å². The van der Waals surface area contributed by atoms with E-state index < -0.39 is 5.97 Å². The topological polar surface area (TPSA) is 65.7 Å². The van der Waals surface area contributed by atoms with Gasteiger partial charge in [0.05, 0.1) is 11.8 Å². The standard InChI is InChI=1S/C20H10Cl2O5/c21-14-3-1-4-15(22)13(14)10-18-19(23)12-7-6-11(9-17(12)27-18)26-20(24)16-5-2-8-25-16/h1-10H/b18-10+. The van der Waals surface area contributed by atoms with Gasteiger partial charge in [-0.05, 0) is 42.5 Å². The Labute approximate surface area is 163 Å². The molecular formula is C20H10Cl2O5. The summed E-state index contributed by atoms with van der Waals surface area (Å²) >= 11 is 12.3. The van der Waals surface area contributed by atoms with Crippen LogP contribution in [0.25, 0.3) is 6.08 Å². The lowest BCUT2D eigenvalue weighted by atomic mass is 10.1. The van der Waals surface area contributed by atoms with Gasteiger partial charge in [0.15, 0.2) is 5.76 Å². The zero-order chi connectivity index (χ0) is 19.0. The van der Waals surface area contributed by atoms with Gasteiger partial charge in [-0.1, -0.05) is 29.3 Å². The zero-order valence-electron chi connectivity index (χ0n) is 13.6. The van der Waals surface area contributed by atoms with E-state index in [1.54, 1.807) is 24.3 Å². The predicted molar refractivity (Wildman–Crippen MR) is 99.5 cm³/mol. The maximum absolute atomic E-state index is 12.5. The van der Waals surface area contributed by atoms with Gasteiger partial charge in [-0.2, -0.15) is 0 Å². The van der Waals surface area contributed by atoms with Gasteiger partial charge in [0.2, 0.25) is 11.5 Å². The molecule has 0 bridgehead atoms. The highest BCUT2D eigenvalue weighted by molar-refractivity contribution is 6.37. The molecule has 0 amide bonds. The van der Waals surface area contributed by atoms with Crippen molar-refractivity contribution in [3.63, 3.8) is 0 Å². The van der Waals surface area contributed by atoms with Crippen LogP contribution in [0.3, 0.4) is 0 Å². The minimum Gasteiger partial charge on any atom is -0.457 e. The highest BCUT2D eigenvalue weighted by Crippen LogP contribution is 2.36. The van der Waals surface area contributed by atoms with Crippen molar-refractivity contribution in [2.45, 2.75) is 0 Å². The lowest BCUT2D eigenvalue weighted by Gasteiger charge is -2.04. The van der Waals surface area contributed by atoms with Crippen molar-refractivity contribution in [3.05, 3.63) is 87.5 Å². The summed E-state index contributed by atoms with van der Waals surface area (Å²) in [6, 6.07) is 12.6. The Morgan fingerprint density at radius 2 is 1.81 bits per heavy atom. The molecule has 7 heteroatoms. The molecule has 0 radical (unpaired) electrons. The molecule has 27 heavy (non-hydrogen) atoms. The van der Waals surface area contributed by atoms with E-state index in [0.717, 1.165) is 0 Å². The van der Waals surface area contributed by atoms with E-state index in [0.29, 0.717) is 21.2 Å². The van der Waals surface area contributed by atoms with Gasteiger partial charge >= 0.3 is 5.97 Å². The molecule has 0 atom stereocenters. The fraction of sp³-hybridized carbons (Fsp3) is 0. The summed E-state index contributed by atoms with van der Waals surface area (Å²) in [6.07, 6.45) is 2.86. The summed E-state index contributed by atoms with van der Waals surface area (Å²) in [7, 11) is 0. The molecule has 1 aliphatic heterocycles. The number of allylic oxidation sites excluding steroid dienone is 1. The molecule has 0 unspecified atom stereocenters. The quantitative estimate of drug-likeness (QED) is 0.333. The van der Waals surface area contributed by atoms with Gasteiger partial charge in [0, 0.05) is 21.7 Å². The van der Waals surface area contributed by atoms with Gasteiger partial charge in [0.25, 0.3) is 0 Å². The Hall–Kier alpha value is -3.02. The van der Waals surface area contributed by atoms with E-state index >= 15 is 0 Å². The van der Waals surface area contributed by atoms with Crippen LogP contribution in [0.2, 0.25) is 10.0 Å². The smallest absolute Gasteiger partial charge is 0.379 e. The fourth-order valence-electron chi connectivity index (χ4n) is 2.56. The van der Waals surface area contributed by atoms with Gasteiger partial charge in [-0.3, -0.25) is 4.79 Å². The Morgan fingerprint density at radius 3 is 2.52 bits per heavy atom. The summed E-state index contributed by atoms with van der Waals surface area (Å²) in [4.78, 5) is 24.5. The third kappa shape index (κ3) is 3.35. The molecule has 0 saturated heterocycles. The van der Waals surface area contributed by atoms with Gasteiger partial charge in [-0.25, -0.2) is 4.79 Å². The third-order valence-corrected chi connectivity index (χ3v) is 4.51. The number of hydrogen-bond acceptors (Lipinski definition) is 5. The van der Waals surface area contributed by atoms with Crippen LogP contribution < -0.4 is 9.47 Å². The number of furan rings is 1. The number of carbonyl (C=O) groups is 2. The molecule has 0 saturated carbocycles. The predicted octanol–water partition coefficient (Wildman–Crippen LogP) is 5.42. The molecule has 0 aliphatic carbocycles. The molecule has 5 nitrogen and oxygen atoms in total. The third-order valence-electron chi connectivity index (χ3n) is 3.85. The van der Waals surface area contributed by atoms with Crippen LogP contribution in [0.4, 0.5) is 0 Å². The highest BCUT2D eigenvalue weighted by atomic mass is 35.5. The van der Waals surface area contributed by atoms with Crippen LogP contribution in [-0.4, -0.2) is 11.8 Å². The van der Waals surface area contributed by atoms with Crippen LogP contribution in [0.15, 0.2) is 65.0 Å². The first-order valence-electron chi connectivity index (χ1n) is 7.81. The number of fused-ring (bicyclic) bond motifs is 1. The summed E-state index contributed by atoms with van der Waals surface area (Å²) in [6.45, 7) is 0. The van der Waals surface area contributed by atoms with E-state index in [1.807, 2.05) is 0 Å². The molecule has 0 spiro atoms. The van der Waals surface area contributed by atoms with Crippen molar-refractivity contribution in [2.24, 2.45) is 0 Å². The second kappa shape index (κ2) is 6.95. The normalized spacial score (nSPS) is 14.1. The molecule has 1 aliphatic rings. The molecule has 0 N–H and O–H groups in total. The molecule has 134 valence electrons. The first-order valence-corrected chi connectivity index (χ1v) is 8.56. The Morgan fingerprint density at radius 1 is 1.04 bits per heavy atom. The van der Waals surface area contributed by atoms with E-state index in [2.05, 4.69) is 0 Å². The minimum absolute atomic E-state index is 0.0708. The van der Waals surface area contributed by atoms with Crippen molar-refractivity contribution >= 4 is 41.0 Å². The lowest BCUT2D eigenvalue weighted by Crippen LogP contribution is -2.07. The Balaban J connectivity index is 1.61. The summed E-state index contributed by atoms with van der Waals surface area (Å²) < 4.78 is 15.8. The second-order valence-corrected chi connectivity index (χ2v) is 6.41. The Bertz CT molecular complexity index is 1060. The number of halogens is 2. The molecule has 1 aromatic heterocycles. The van der Waals surface area contributed by atoms with Crippen molar-refractivity contribution in [2.75, 3.05) is 0 Å². The number of hydrogen-bond donors (Lipinski definition) is 0. The van der Waals surface area contributed by atoms with Crippen LogP contribution in [0.5, 0.6) is 11.5 Å². The maximum Gasteiger partial charge on any atom is 0.379 e. The maximum atomic E-state index is 12.5. The van der Waals surface area contributed by atoms with E-state index in [1.165, 1.54) is 36.6 Å². The van der Waals surface area contributed by atoms with Crippen molar-refractivity contribution in [1.29, 1.82) is 0 Å². The van der Waals surface area contributed by atoms with Gasteiger partial charge < -0.3 is 13.9 Å². The van der Waals surface area contributed by atoms with E-state index in [-0.39, 0.29) is 28.8 Å². The monoisotopic (exact) mass is 400 g/mol. The highest BCUT2D eigenvalue weighted by Gasteiger charge is 2.28. The number of rotatable bonds is 3. The number of benzene rings is 2. The SMILES string of the molecule is O=C(Oc1ccc2c(c1)O/C(=C/c1c(Cl)cccc1Cl)C2=O)c1ccco1. The van der Waals surface area contributed by atoms with Crippen LogP contribution in [0.1, 0.15) is 26.5 Å². The number of esters is 1. The first kappa shape index (κ1) is 17.4. The fourth-order valence-corrected chi connectivity index (χ4v) is 3.07. The van der Waals surface area contributed by atoms with Crippen LogP contribution in [0, 0.1) is 0 Å². The molecule has 2 heterocycles. The van der Waals surface area contributed by atoms with E-state index in [4.69, 9.17) is 37.1 Å². The van der Waals surface area contributed by atoms with Gasteiger partial charge in [0.1, 0.15) is 11.5 Å². The molecule has 0 fully saturated rings. The largest absolute Gasteiger partial charge is 0.457 e. The van der Waals surface area contributed by atoms with Crippen LogP contribution in [-0.2, 0) is 0 Å². The average molecular weight is 401 g/mol. The zero-order valence-corrected chi connectivity index (χ0v) is 15.1. The number of ketones is 1.